The number of hydrogen-bond acceptors (Lipinski definition) is 3. The molecule has 5 nitrogen and oxygen atoms in total. The maximum Gasteiger partial charge on any atom is 0.274 e. The smallest absolute Gasteiger partial charge is 0.274 e. The molecule has 0 N–H and O–H groups in total. The van der Waals surface area contributed by atoms with Gasteiger partial charge in [-0.3, -0.25) is 9.48 Å². The van der Waals surface area contributed by atoms with Gasteiger partial charge in [0.1, 0.15) is 5.69 Å². The summed E-state index contributed by atoms with van der Waals surface area (Å²) in [6, 6.07) is 1.72. The monoisotopic (exact) mass is 289 g/mol. The molecule has 0 bridgehead atoms. The maximum absolute atomic E-state index is 12.0. The minimum Gasteiger partial charge on any atom is -0.383 e. The summed E-state index contributed by atoms with van der Waals surface area (Å²) in [7, 11) is 3.41. The van der Waals surface area contributed by atoms with Crippen molar-refractivity contribution in [2.45, 2.75) is 0 Å². The Labute approximate surface area is 103 Å². The third-order valence-electron chi connectivity index (χ3n) is 2.14. The summed E-state index contributed by atoms with van der Waals surface area (Å²) in [5.41, 5.74) is 0.472. The summed E-state index contributed by atoms with van der Waals surface area (Å²) < 4.78 is 6.60. The third-order valence-corrected chi connectivity index (χ3v) is 2.49. The van der Waals surface area contributed by atoms with Gasteiger partial charge >= 0.3 is 0 Å². The van der Waals surface area contributed by atoms with Crippen LogP contribution in [0.5, 0.6) is 0 Å². The van der Waals surface area contributed by atoms with Crippen molar-refractivity contribution >= 4 is 21.8 Å². The lowest BCUT2D eigenvalue weighted by Gasteiger charge is -2.20. The Balaban J connectivity index is 2.66. The van der Waals surface area contributed by atoms with E-state index < -0.39 is 0 Å². The van der Waals surface area contributed by atoms with E-state index in [0.717, 1.165) is 5.33 Å². The summed E-state index contributed by atoms with van der Waals surface area (Å²) in [6.45, 7) is 1.77. The first-order chi connectivity index (χ1) is 7.69. The lowest BCUT2D eigenvalue weighted by molar-refractivity contribution is 0.0702. The Bertz CT molecular complexity index is 341. The van der Waals surface area contributed by atoms with Crippen molar-refractivity contribution in [3.05, 3.63) is 18.0 Å². The Morgan fingerprint density at radius 1 is 1.62 bits per heavy atom. The molecule has 6 heteroatoms. The molecule has 1 amide bonds. The number of methoxy groups -OCH3 is 1. The molecule has 0 fully saturated rings. The van der Waals surface area contributed by atoms with Crippen LogP contribution in [0, 0.1) is 0 Å². The average Bonchev–Trinajstić information content (AvgIpc) is 2.70. The summed E-state index contributed by atoms with van der Waals surface area (Å²) >= 11 is 3.33. The SMILES string of the molecule is COCCN(CCBr)C(=O)c1ccn(C)n1. The number of nitrogens with zero attached hydrogens (tertiary/aromatic N) is 3. The second-order valence-corrected chi connectivity index (χ2v) is 4.14. The number of aryl methyl sites for hydroxylation is 1. The molecule has 1 aromatic heterocycles. The van der Waals surface area contributed by atoms with E-state index >= 15 is 0 Å². The van der Waals surface area contributed by atoms with Gasteiger partial charge in [0.25, 0.3) is 5.91 Å². The normalized spacial score (nSPS) is 10.4. The zero-order valence-electron chi connectivity index (χ0n) is 9.52. The standard InChI is InChI=1S/C10H16BrN3O2/c1-13-5-3-9(12-13)10(15)14(6-4-11)7-8-16-2/h3,5H,4,6-8H2,1-2H3. The van der Waals surface area contributed by atoms with Crippen molar-refractivity contribution in [1.29, 1.82) is 0 Å². The number of hydrogen-bond donors (Lipinski definition) is 0. The Morgan fingerprint density at radius 3 is 2.88 bits per heavy atom. The molecule has 90 valence electrons. The predicted molar refractivity (Wildman–Crippen MR) is 64.8 cm³/mol. The van der Waals surface area contributed by atoms with Gasteiger partial charge in [-0.05, 0) is 6.07 Å². The minimum atomic E-state index is -0.0582. The van der Waals surface area contributed by atoms with Crippen molar-refractivity contribution in [3.63, 3.8) is 0 Å². The van der Waals surface area contributed by atoms with E-state index in [1.807, 2.05) is 0 Å². The average molecular weight is 290 g/mol. The highest BCUT2D eigenvalue weighted by Crippen LogP contribution is 2.02. The molecule has 0 atom stereocenters. The quantitative estimate of drug-likeness (QED) is 0.731. The molecule has 16 heavy (non-hydrogen) atoms. The molecule has 0 aliphatic heterocycles. The lowest BCUT2D eigenvalue weighted by atomic mass is 10.3. The van der Waals surface area contributed by atoms with Crippen molar-refractivity contribution in [3.8, 4) is 0 Å². The van der Waals surface area contributed by atoms with Crippen LogP contribution in [-0.2, 0) is 11.8 Å². The van der Waals surface area contributed by atoms with Gasteiger partial charge in [0.15, 0.2) is 0 Å². The highest BCUT2D eigenvalue weighted by Gasteiger charge is 2.16. The molecule has 0 saturated heterocycles. The second-order valence-electron chi connectivity index (χ2n) is 3.35. The van der Waals surface area contributed by atoms with Gasteiger partial charge in [-0.25, -0.2) is 0 Å². The van der Waals surface area contributed by atoms with E-state index in [0.29, 0.717) is 25.4 Å². The summed E-state index contributed by atoms with van der Waals surface area (Å²) in [6.07, 6.45) is 1.76. The molecule has 0 spiro atoms. The van der Waals surface area contributed by atoms with E-state index in [2.05, 4.69) is 21.0 Å². The zero-order valence-corrected chi connectivity index (χ0v) is 11.1. The number of amides is 1. The van der Waals surface area contributed by atoms with Crippen LogP contribution in [0.1, 0.15) is 10.5 Å². The van der Waals surface area contributed by atoms with E-state index in [1.165, 1.54) is 0 Å². The fourth-order valence-electron chi connectivity index (χ4n) is 1.31. The summed E-state index contributed by atoms with van der Waals surface area (Å²) in [4.78, 5) is 13.8. The first-order valence-corrected chi connectivity index (χ1v) is 6.15. The molecule has 1 heterocycles. The van der Waals surface area contributed by atoms with Gasteiger partial charge in [-0.15, -0.1) is 0 Å². The van der Waals surface area contributed by atoms with Crippen LogP contribution in [-0.4, -0.2) is 52.7 Å². The number of carbonyl (C=O) groups excluding carboxylic acids is 1. The zero-order chi connectivity index (χ0) is 12.0. The van der Waals surface area contributed by atoms with Gasteiger partial charge in [0.2, 0.25) is 0 Å². The van der Waals surface area contributed by atoms with Crippen molar-refractivity contribution < 1.29 is 9.53 Å². The number of carbonyl (C=O) groups is 1. The lowest BCUT2D eigenvalue weighted by Crippen LogP contribution is -2.35. The number of alkyl halides is 1. The van der Waals surface area contributed by atoms with Crippen molar-refractivity contribution in [1.82, 2.24) is 14.7 Å². The van der Waals surface area contributed by atoms with Crippen LogP contribution < -0.4 is 0 Å². The van der Waals surface area contributed by atoms with Crippen LogP contribution in [0.25, 0.3) is 0 Å². The molecule has 0 unspecified atom stereocenters. The highest BCUT2D eigenvalue weighted by atomic mass is 79.9. The van der Waals surface area contributed by atoms with Crippen LogP contribution in [0.4, 0.5) is 0 Å². The topological polar surface area (TPSA) is 47.4 Å². The van der Waals surface area contributed by atoms with E-state index in [1.54, 1.807) is 36.0 Å². The molecule has 0 radical (unpaired) electrons. The molecule has 1 aromatic rings. The van der Waals surface area contributed by atoms with Crippen molar-refractivity contribution in [2.75, 3.05) is 32.1 Å². The molecular formula is C10H16BrN3O2. The van der Waals surface area contributed by atoms with Gasteiger partial charge < -0.3 is 9.64 Å². The number of rotatable bonds is 6. The molecule has 0 aliphatic rings. The molecular weight excluding hydrogens is 274 g/mol. The van der Waals surface area contributed by atoms with Gasteiger partial charge in [-0.1, -0.05) is 15.9 Å². The van der Waals surface area contributed by atoms with Crippen LogP contribution in [0.3, 0.4) is 0 Å². The molecule has 0 aliphatic carbocycles. The van der Waals surface area contributed by atoms with Gasteiger partial charge in [0, 0.05) is 38.8 Å². The van der Waals surface area contributed by atoms with Crippen molar-refractivity contribution in [2.24, 2.45) is 7.05 Å². The molecule has 0 aromatic carbocycles. The molecule has 0 saturated carbocycles. The number of halogens is 1. The first kappa shape index (κ1) is 13.2. The fourth-order valence-corrected chi connectivity index (χ4v) is 1.74. The van der Waals surface area contributed by atoms with E-state index in [9.17, 15) is 4.79 Å². The van der Waals surface area contributed by atoms with Gasteiger partial charge in [0.05, 0.1) is 6.61 Å². The second kappa shape index (κ2) is 6.65. The largest absolute Gasteiger partial charge is 0.383 e. The fraction of sp³-hybridized carbons (Fsp3) is 0.600. The first-order valence-electron chi connectivity index (χ1n) is 5.03. The maximum atomic E-state index is 12.0. The number of aromatic nitrogens is 2. The van der Waals surface area contributed by atoms with E-state index in [4.69, 9.17) is 4.74 Å². The van der Waals surface area contributed by atoms with Crippen LogP contribution in [0.15, 0.2) is 12.3 Å². The Hall–Kier alpha value is -0.880. The number of ether oxygens (including phenoxy) is 1. The van der Waals surface area contributed by atoms with E-state index in [-0.39, 0.29) is 5.91 Å². The highest BCUT2D eigenvalue weighted by molar-refractivity contribution is 9.09. The Morgan fingerprint density at radius 2 is 2.38 bits per heavy atom. The summed E-state index contributed by atoms with van der Waals surface area (Å²) in [5, 5.41) is 4.84. The van der Waals surface area contributed by atoms with Gasteiger partial charge in [-0.2, -0.15) is 5.10 Å². The van der Waals surface area contributed by atoms with Crippen LogP contribution >= 0.6 is 15.9 Å². The van der Waals surface area contributed by atoms with Crippen LogP contribution in [0.2, 0.25) is 0 Å². The predicted octanol–water partition coefficient (Wildman–Crippen LogP) is 0.904. The third kappa shape index (κ3) is 3.61. The molecule has 1 rings (SSSR count). The minimum absolute atomic E-state index is 0.0582. The summed E-state index contributed by atoms with van der Waals surface area (Å²) in [5.74, 6) is -0.0582. The Kier molecular flexibility index (Phi) is 5.48.